The largest absolute Gasteiger partial charge is 0.280 e. The van der Waals surface area contributed by atoms with Crippen molar-refractivity contribution in [1.29, 1.82) is 0 Å². The zero-order chi connectivity index (χ0) is 11.5. The Bertz CT molecular complexity index is 400. The van der Waals surface area contributed by atoms with Crippen molar-refractivity contribution in [2.24, 2.45) is 0 Å². The number of hydroxylamine groups is 2. The fourth-order valence-corrected chi connectivity index (χ4v) is 1.70. The molecule has 1 aliphatic rings. The van der Waals surface area contributed by atoms with E-state index in [-0.39, 0.29) is 11.5 Å². The van der Waals surface area contributed by atoms with Crippen LogP contribution in [0.4, 0.5) is 4.39 Å². The van der Waals surface area contributed by atoms with Crippen molar-refractivity contribution in [3.8, 4) is 0 Å². The van der Waals surface area contributed by atoms with Crippen molar-refractivity contribution >= 4 is 5.91 Å². The Kier molecular flexibility index (Phi) is 3.19. The van der Waals surface area contributed by atoms with E-state index in [1.54, 1.807) is 19.1 Å². The third-order valence-corrected chi connectivity index (χ3v) is 2.65. The molecule has 2 rings (SSSR count). The molecule has 1 aromatic rings. The van der Waals surface area contributed by atoms with Crippen LogP contribution in [-0.4, -0.2) is 24.1 Å². The maximum absolute atomic E-state index is 13.7. The first-order valence-corrected chi connectivity index (χ1v) is 5.40. The Morgan fingerprint density at radius 2 is 2.25 bits per heavy atom. The third kappa shape index (κ3) is 2.07. The van der Waals surface area contributed by atoms with E-state index in [4.69, 9.17) is 4.84 Å². The van der Waals surface area contributed by atoms with Gasteiger partial charge in [-0.2, -0.15) is 0 Å². The summed E-state index contributed by atoms with van der Waals surface area (Å²) in [6.45, 7) is 2.70. The van der Waals surface area contributed by atoms with Crippen molar-refractivity contribution in [2.45, 2.75) is 19.8 Å². The van der Waals surface area contributed by atoms with Gasteiger partial charge in [-0.25, -0.2) is 9.45 Å². The standard InChI is InChI=1S/C12H14FNO2/c1-9-5-4-6-10(11(9)13)12(15)14-7-2-3-8-16-14/h4-6H,2-3,7-8H2,1H3. The lowest BCUT2D eigenvalue weighted by Gasteiger charge is -2.26. The highest BCUT2D eigenvalue weighted by Crippen LogP contribution is 2.16. The highest BCUT2D eigenvalue weighted by molar-refractivity contribution is 5.94. The molecule has 0 aliphatic carbocycles. The van der Waals surface area contributed by atoms with Gasteiger partial charge in [0.2, 0.25) is 0 Å². The van der Waals surface area contributed by atoms with E-state index in [2.05, 4.69) is 0 Å². The van der Waals surface area contributed by atoms with Crippen LogP contribution in [0.25, 0.3) is 0 Å². The van der Waals surface area contributed by atoms with Gasteiger partial charge >= 0.3 is 0 Å². The molecule has 0 saturated carbocycles. The lowest BCUT2D eigenvalue weighted by Crippen LogP contribution is -2.36. The number of nitrogens with zero attached hydrogens (tertiary/aromatic N) is 1. The summed E-state index contributed by atoms with van der Waals surface area (Å²) in [6, 6.07) is 4.81. The number of rotatable bonds is 1. The molecule has 1 heterocycles. The molecule has 1 aliphatic heterocycles. The molecule has 1 fully saturated rings. The fourth-order valence-electron chi connectivity index (χ4n) is 1.70. The Labute approximate surface area is 93.8 Å². The number of carbonyl (C=O) groups excluding carboxylic acids is 1. The van der Waals surface area contributed by atoms with Crippen LogP contribution in [0.3, 0.4) is 0 Å². The minimum Gasteiger partial charge on any atom is -0.271 e. The summed E-state index contributed by atoms with van der Waals surface area (Å²) in [6.07, 6.45) is 1.85. The first-order chi connectivity index (χ1) is 7.70. The van der Waals surface area contributed by atoms with Crippen LogP contribution < -0.4 is 0 Å². The second-order valence-electron chi connectivity index (χ2n) is 3.88. The van der Waals surface area contributed by atoms with Gasteiger partial charge in [-0.05, 0) is 31.4 Å². The smallest absolute Gasteiger partial charge is 0.271 e. The molecule has 16 heavy (non-hydrogen) atoms. The molecule has 0 N–H and O–H groups in total. The van der Waals surface area contributed by atoms with E-state index in [0.29, 0.717) is 18.7 Å². The lowest BCUT2D eigenvalue weighted by molar-refractivity contribution is -0.144. The lowest BCUT2D eigenvalue weighted by atomic mass is 10.1. The summed E-state index contributed by atoms with van der Waals surface area (Å²) in [7, 11) is 0. The summed E-state index contributed by atoms with van der Waals surface area (Å²) in [5.41, 5.74) is 0.560. The highest BCUT2D eigenvalue weighted by atomic mass is 19.1. The molecule has 0 spiro atoms. The molecule has 0 bridgehead atoms. The van der Waals surface area contributed by atoms with Crippen molar-refractivity contribution < 1.29 is 14.0 Å². The van der Waals surface area contributed by atoms with E-state index in [1.165, 1.54) is 11.1 Å². The summed E-state index contributed by atoms with van der Waals surface area (Å²) >= 11 is 0. The van der Waals surface area contributed by atoms with Crippen LogP contribution in [0.1, 0.15) is 28.8 Å². The minimum absolute atomic E-state index is 0.0851. The number of benzene rings is 1. The van der Waals surface area contributed by atoms with E-state index >= 15 is 0 Å². The van der Waals surface area contributed by atoms with Crippen molar-refractivity contribution in [3.05, 3.63) is 35.1 Å². The van der Waals surface area contributed by atoms with Crippen LogP contribution in [-0.2, 0) is 4.84 Å². The fraction of sp³-hybridized carbons (Fsp3) is 0.417. The van der Waals surface area contributed by atoms with Gasteiger partial charge in [-0.1, -0.05) is 12.1 Å². The van der Waals surface area contributed by atoms with E-state index in [1.807, 2.05) is 0 Å². The van der Waals surface area contributed by atoms with Crippen LogP contribution in [0.5, 0.6) is 0 Å². The predicted octanol–water partition coefficient (Wildman–Crippen LogP) is 2.30. The van der Waals surface area contributed by atoms with Crippen LogP contribution in [0, 0.1) is 12.7 Å². The van der Waals surface area contributed by atoms with Gasteiger partial charge in [0.1, 0.15) is 5.82 Å². The zero-order valence-electron chi connectivity index (χ0n) is 9.20. The molecule has 86 valence electrons. The SMILES string of the molecule is Cc1cccc(C(=O)N2CCCCO2)c1F. The van der Waals surface area contributed by atoms with E-state index in [0.717, 1.165) is 12.8 Å². The minimum atomic E-state index is -0.457. The number of amides is 1. The second kappa shape index (κ2) is 4.61. The third-order valence-electron chi connectivity index (χ3n) is 2.65. The maximum Gasteiger partial charge on any atom is 0.280 e. The molecule has 0 radical (unpaired) electrons. The van der Waals surface area contributed by atoms with E-state index in [9.17, 15) is 9.18 Å². The number of aryl methyl sites for hydroxylation is 1. The van der Waals surface area contributed by atoms with Crippen LogP contribution in [0.2, 0.25) is 0 Å². The molecule has 4 heteroatoms. The Balaban J connectivity index is 2.22. The monoisotopic (exact) mass is 223 g/mol. The van der Waals surface area contributed by atoms with Crippen molar-refractivity contribution in [2.75, 3.05) is 13.2 Å². The first-order valence-electron chi connectivity index (χ1n) is 5.40. The highest BCUT2D eigenvalue weighted by Gasteiger charge is 2.22. The van der Waals surface area contributed by atoms with Gasteiger partial charge in [-0.15, -0.1) is 0 Å². The zero-order valence-corrected chi connectivity index (χ0v) is 9.20. The molecule has 0 unspecified atom stereocenters. The second-order valence-corrected chi connectivity index (χ2v) is 3.88. The van der Waals surface area contributed by atoms with E-state index < -0.39 is 5.82 Å². The van der Waals surface area contributed by atoms with Gasteiger partial charge < -0.3 is 0 Å². The number of hydrogen-bond acceptors (Lipinski definition) is 2. The van der Waals surface area contributed by atoms with Crippen LogP contribution in [0.15, 0.2) is 18.2 Å². The van der Waals surface area contributed by atoms with Gasteiger partial charge in [0.05, 0.1) is 12.2 Å². The molecule has 0 atom stereocenters. The molecule has 1 saturated heterocycles. The number of halogens is 1. The maximum atomic E-state index is 13.7. The predicted molar refractivity (Wildman–Crippen MR) is 57.4 cm³/mol. The normalized spacial score (nSPS) is 16.2. The Morgan fingerprint density at radius 1 is 1.44 bits per heavy atom. The molecular weight excluding hydrogens is 209 g/mol. The molecule has 1 amide bonds. The first kappa shape index (κ1) is 11.1. The summed E-state index contributed by atoms with van der Waals surface area (Å²) in [5, 5.41) is 1.25. The molecule has 1 aromatic carbocycles. The topological polar surface area (TPSA) is 29.5 Å². The molecule has 3 nitrogen and oxygen atoms in total. The number of hydrogen-bond donors (Lipinski definition) is 0. The van der Waals surface area contributed by atoms with Gasteiger partial charge in [-0.3, -0.25) is 9.63 Å². The van der Waals surface area contributed by atoms with Crippen LogP contribution >= 0.6 is 0 Å². The quantitative estimate of drug-likeness (QED) is 0.731. The number of carbonyl (C=O) groups is 1. The summed E-state index contributed by atoms with van der Waals surface area (Å²) in [5.74, 6) is -0.845. The summed E-state index contributed by atoms with van der Waals surface area (Å²) in [4.78, 5) is 17.1. The van der Waals surface area contributed by atoms with Gasteiger partial charge in [0.15, 0.2) is 0 Å². The van der Waals surface area contributed by atoms with Crippen molar-refractivity contribution in [3.63, 3.8) is 0 Å². The molecular formula is C12H14FNO2. The molecule has 0 aromatic heterocycles. The average Bonchev–Trinajstić information content (AvgIpc) is 2.33. The average molecular weight is 223 g/mol. The Morgan fingerprint density at radius 3 is 2.94 bits per heavy atom. The van der Waals surface area contributed by atoms with Gasteiger partial charge in [0, 0.05) is 6.54 Å². The Hall–Kier alpha value is -1.42. The summed E-state index contributed by atoms with van der Waals surface area (Å²) < 4.78 is 13.7. The van der Waals surface area contributed by atoms with Crippen molar-refractivity contribution in [1.82, 2.24) is 5.06 Å². The van der Waals surface area contributed by atoms with Gasteiger partial charge in [0.25, 0.3) is 5.91 Å².